The van der Waals surface area contributed by atoms with Gasteiger partial charge in [-0.1, -0.05) is 25.0 Å². The Labute approximate surface area is 124 Å². The Morgan fingerprint density at radius 3 is 2.95 bits per heavy atom. The number of amides is 1. The fourth-order valence-corrected chi connectivity index (χ4v) is 3.16. The molecule has 4 nitrogen and oxygen atoms in total. The lowest BCUT2D eigenvalue weighted by molar-refractivity contribution is 0.0874. The van der Waals surface area contributed by atoms with Crippen LogP contribution in [0.5, 0.6) is 0 Å². The van der Waals surface area contributed by atoms with Crippen molar-refractivity contribution < 1.29 is 9.90 Å². The van der Waals surface area contributed by atoms with Crippen LogP contribution in [0.2, 0.25) is 0 Å². The third-order valence-electron chi connectivity index (χ3n) is 4.35. The number of hydrogen-bond donors (Lipinski definition) is 2. The summed E-state index contributed by atoms with van der Waals surface area (Å²) in [5.74, 6) is 0.106. The molecule has 1 aromatic carbocycles. The molecular weight excluding hydrogens is 264 g/mol. The van der Waals surface area contributed by atoms with Gasteiger partial charge in [0.1, 0.15) is 0 Å². The van der Waals surface area contributed by atoms with Crippen LogP contribution in [-0.2, 0) is 0 Å². The van der Waals surface area contributed by atoms with Gasteiger partial charge in [-0.2, -0.15) is 0 Å². The second kappa shape index (κ2) is 6.22. The Bertz CT molecular complexity index is 636. The van der Waals surface area contributed by atoms with Crippen LogP contribution in [-0.4, -0.2) is 28.6 Å². The van der Waals surface area contributed by atoms with Crippen LogP contribution >= 0.6 is 0 Å². The van der Waals surface area contributed by atoms with Crippen molar-refractivity contribution in [2.45, 2.75) is 31.7 Å². The van der Waals surface area contributed by atoms with Crippen LogP contribution in [0.4, 0.5) is 0 Å². The first-order valence-corrected chi connectivity index (χ1v) is 7.55. The minimum absolute atomic E-state index is 0.0704. The van der Waals surface area contributed by atoms with Gasteiger partial charge < -0.3 is 10.4 Å². The molecule has 1 amide bonds. The number of hydrogen-bond acceptors (Lipinski definition) is 3. The summed E-state index contributed by atoms with van der Waals surface area (Å²) >= 11 is 0. The molecule has 2 atom stereocenters. The van der Waals surface area contributed by atoms with E-state index in [-0.39, 0.29) is 24.5 Å². The number of aliphatic hydroxyl groups excluding tert-OH is 1. The maximum absolute atomic E-state index is 12.6. The molecule has 21 heavy (non-hydrogen) atoms. The van der Waals surface area contributed by atoms with Gasteiger partial charge in [-0.25, -0.2) is 0 Å². The largest absolute Gasteiger partial charge is 0.396 e. The van der Waals surface area contributed by atoms with Crippen molar-refractivity contribution in [2.75, 3.05) is 6.61 Å². The fraction of sp³-hybridized carbons (Fsp3) is 0.412. The van der Waals surface area contributed by atoms with Crippen molar-refractivity contribution in [3.8, 4) is 0 Å². The molecule has 1 heterocycles. The highest BCUT2D eigenvalue weighted by atomic mass is 16.3. The van der Waals surface area contributed by atoms with Crippen molar-refractivity contribution >= 4 is 16.8 Å². The summed E-state index contributed by atoms with van der Waals surface area (Å²) in [6, 6.07) is 9.43. The molecule has 0 aliphatic heterocycles. The number of rotatable bonds is 3. The SMILES string of the molecule is O=C(NC1CCCCC1CO)c1cccc2ncccc12. The summed E-state index contributed by atoms with van der Waals surface area (Å²) in [5, 5.41) is 13.4. The van der Waals surface area contributed by atoms with E-state index in [0.717, 1.165) is 36.6 Å². The minimum Gasteiger partial charge on any atom is -0.396 e. The summed E-state index contributed by atoms with van der Waals surface area (Å²) in [5.41, 5.74) is 1.48. The number of pyridine rings is 1. The highest BCUT2D eigenvalue weighted by molar-refractivity contribution is 6.06. The first-order valence-electron chi connectivity index (χ1n) is 7.55. The highest BCUT2D eigenvalue weighted by Crippen LogP contribution is 2.25. The molecule has 0 saturated heterocycles. The number of nitrogens with one attached hydrogen (secondary N) is 1. The van der Waals surface area contributed by atoms with Gasteiger partial charge in [-0.15, -0.1) is 0 Å². The van der Waals surface area contributed by atoms with E-state index in [1.54, 1.807) is 6.20 Å². The van der Waals surface area contributed by atoms with E-state index in [0.29, 0.717) is 5.56 Å². The first-order chi connectivity index (χ1) is 10.3. The van der Waals surface area contributed by atoms with Gasteiger partial charge in [0.25, 0.3) is 5.91 Å². The van der Waals surface area contributed by atoms with Crippen molar-refractivity contribution in [1.29, 1.82) is 0 Å². The Hall–Kier alpha value is -1.94. The third-order valence-corrected chi connectivity index (χ3v) is 4.35. The third kappa shape index (κ3) is 2.90. The Kier molecular flexibility index (Phi) is 4.15. The molecule has 2 aromatic rings. The van der Waals surface area contributed by atoms with Crippen molar-refractivity contribution in [2.24, 2.45) is 5.92 Å². The molecular formula is C17H20N2O2. The molecule has 2 N–H and O–H groups in total. The number of carbonyl (C=O) groups excluding carboxylic acids is 1. The van der Waals surface area contributed by atoms with Crippen molar-refractivity contribution in [3.05, 3.63) is 42.1 Å². The monoisotopic (exact) mass is 284 g/mol. The number of benzene rings is 1. The predicted molar refractivity (Wildman–Crippen MR) is 82.0 cm³/mol. The van der Waals surface area contributed by atoms with Gasteiger partial charge in [-0.3, -0.25) is 9.78 Å². The number of aromatic nitrogens is 1. The molecule has 1 saturated carbocycles. The first kappa shape index (κ1) is 14.0. The summed E-state index contributed by atoms with van der Waals surface area (Å²) in [7, 11) is 0. The molecule has 110 valence electrons. The lowest BCUT2D eigenvalue weighted by Gasteiger charge is -2.31. The predicted octanol–water partition coefficient (Wildman–Crippen LogP) is 2.52. The van der Waals surface area contributed by atoms with Gasteiger partial charge in [0, 0.05) is 35.7 Å². The Balaban J connectivity index is 1.84. The van der Waals surface area contributed by atoms with E-state index >= 15 is 0 Å². The zero-order chi connectivity index (χ0) is 14.7. The molecule has 4 heteroatoms. The van der Waals surface area contributed by atoms with E-state index in [1.807, 2.05) is 30.3 Å². The molecule has 1 fully saturated rings. The lowest BCUT2D eigenvalue weighted by atomic mass is 9.85. The molecule has 1 aliphatic carbocycles. The number of nitrogens with zero attached hydrogens (tertiary/aromatic N) is 1. The maximum atomic E-state index is 12.6. The topological polar surface area (TPSA) is 62.2 Å². The lowest BCUT2D eigenvalue weighted by Crippen LogP contribution is -2.43. The summed E-state index contributed by atoms with van der Waals surface area (Å²) in [4.78, 5) is 16.9. The molecule has 2 unspecified atom stereocenters. The quantitative estimate of drug-likeness (QED) is 0.910. The van der Waals surface area contributed by atoms with Crippen LogP contribution < -0.4 is 5.32 Å². The maximum Gasteiger partial charge on any atom is 0.252 e. The minimum atomic E-state index is -0.0704. The van der Waals surface area contributed by atoms with Gasteiger partial charge in [-0.05, 0) is 31.0 Å². The number of fused-ring (bicyclic) bond motifs is 1. The zero-order valence-corrected chi connectivity index (χ0v) is 12.0. The average molecular weight is 284 g/mol. The second-order valence-corrected chi connectivity index (χ2v) is 5.68. The van der Waals surface area contributed by atoms with E-state index in [2.05, 4.69) is 10.3 Å². The Morgan fingerprint density at radius 1 is 1.24 bits per heavy atom. The summed E-state index contributed by atoms with van der Waals surface area (Å²) < 4.78 is 0. The second-order valence-electron chi connectivity index (χ2n) is 5.68. The standard InChI is InChI=1S/C17H20N2O2/c20-11-12-5-1-2-8-15(12)19-17(21)14-6-3-9-16-13(14)7-4-10-18-16/h3-4,6-7,9-10,12,15,20H,1-2,5,8,11H2,(H,19,21). The van der Waals surface area contributed by atoms with Crippen LogP contribution in [0, 0.1) is 5.92 Å². The summed E-state index contributed by atoms with van der Waals surface area (Å²) in [6.45, 7) is 0.141. The molecule has 0 radical (unpaired) electrons. The van der Waals surface area contributed by atoms with Crippen LogP contribution in [0.15, 0.2) is 36.5 Å². The molecule has 1 aliphatic rings. The smallest absolute Gasteiger partial charge is 0.252 e. The van der Waals surface area contributed by atoms with Gasteiger partial charge in [0.2, 0.25) is 0 Å². The van der Waals surface area contributed by atoms with Gasteiger partial charge in [0.15, 0.2) is 0 Å². The number of aliphatic hydroxyl groups is 1. The molecule has 0 bridgehead atoms. The molecule has 1 aromatic heterocycles. The van der Waals surface area contributed by atoms with Crippen molar-refractivity contribution in [1.82, 2.24) is 10.3 Å². The van der Waals surface area contributed by atoms with Crippen LogP contribution in [0.3, 0.4) is 0 Å². The summed E-state index contributed by atoms with van der Waals surface area (Å²) in [6.07, 6.45) is 5.90. The van der Waals surface area contributed by atoms with E-state index in [1.165, 1.54) is 0 Å². The van der Waals surface area contributed by atoms with Gasteiger partial charge >= 0.3 is 0 Å². The number of carbonyl (C=O) groups is 1. The zero-order valence-electron chi connectivity index (χ0n) is 12.0. The van der Waals surface area contributed by atoms with Crippen LogP contribution in [0.25, 0.3) is 10.9 Å². The normalized spacial score (nSPS) is 22.1. The van der Waals surface area contributed by atoms with Crippen LogP contribution in [0.1, 0.15) is 36.0 Å². The fourth-order valence-electron chi connectivity index (χ4n) is 3.16. The van der Waals surface area contributed by atoms with E-state index in [9.17, 15) is 9.90 Å². The van der Waals surface area contributed by atoms with Gasteiger partial charge in [0.05, 0.1) is 5.52 Å². The highest BCUT2D eigenvalue weighted by Gasteiger charge is 2.26. The molecule has 0 spiro atoms. The van der Waals surface area contributed by atoms with Crippen molar-refractivity contribution in [3.63, 3.8) is 0 Å². The molecule has 3 rings (SSSR count). The Morgan fingerprint density at radius 2 is 2.10 bits per heavy atom. The van der Waals surface area contributed by atoms with E-state index < -0.39 is 0 Å². The van der Waals surface area contributed by atoms with E-state index in [4.69, 9.17) is 0 Å². The average Bonchev–Trinajstić information content (AvgIpc) is 2.54.